The van der Waals surface area contributed by atoms with E-state index in [1.807, 2.05) is 6.07 Å². The largest absolute Gasteiger partial charge is 0.496 e. The lowest BCUT2D eigenvalue weighted by atomic mass is 10.0. The predicted molar refractivity (Wildman–Crippen MR) is 78.6 cm³/mol. The maximum atomic E-state index is 6.38. The first kappa shape index (κ1) is 14.3. The second-order valence-electron chi connectivity index (χ2n) is 5.09. The summed E-state index contributed by atoms with van der Waals surface area (Å²) in [5, 5.41) is 3.36. The number of rotatable bonds is 5. The van der Waals surface area contributed by atoms with E-state index in [0.717, 1.165) is 50.5 Å². The van der Waals surface area contributed by atoms with Crippen molar-refractivity contribution in [3.05, 3.63) is 29.3 Å². The van der Waals surface area contributed by atoms with Crippen molar-refractivity contribution in [3.8, 4) is 5.75 Å². The van der Waals surface area contributed by atoms with E-state index in [2.05, 4.69) is 29.3 Å². The quantitative estimate of drug-likeness (QED) is 0.837. The predicted octanol–water partition coefficient (Wildman–Crippen LogP) is 1.16. The Bertz CT molecular complexity index is 402. The molecule has 1 aliphatic rings. The lowest BCUT2D eigenvalue weighted by molar-refractivity contribution is 0.226. The van der Waals surface area contributed by atoms with Crippen molar-refractivity contribution in [2.75, 3.05) is 39.8 Å². The van der Waals surface area contributed by atoms with Gasteiger partial charge in [0.2, 0.25) is 0 Å². The van der Waals surface area contributed by atoms with E-state index in [9.17, 15) is 0 Å². The molecule has 0 spiro atoms. The minimum absolute atomic E-state index is 0.0135. The Labute approximate surface area is 115 Å². The van der Waals surface area contributed by atoms with Crippen molar-refractivity contribution in [2.24, 2.45) is 5.73 Å². The normalized spacial score (nSPS) is 18.3. The highest BCUT2D eigenvalue weighted by molar-refractivity contribution is 5.39. The molecule has 0 radical (unpaired) electrons. The maximum absolute atomic E-state index is 6.38. The summed E-state index contributed by atoms with van der Waals surface area (Å²) >= 11 is 0. The number of ether oxygens (including phenoxy) is 1. The van der Waals surface area contributed by atoms with E-state index in [0.29, 0.717) is 0 Å². The zero-order valence-corrected chi connectivity index (χ0v) is 12.0. The van der Waals surface area contributed by atoms with Gasteiger partial charge < -0.3 is 15.8 Å². The molecule has 1 atom stereocenters. The Morgan fingerprint density at radius 2 is 2.11 bits per heavy atom. The van der Waals surface area contributed by atoms with Crippen LogP contribution in [0.1, 0.15) is 24.1 Å². The summed E-state index contributed by atoms with van der Waals surface area (Å²) in [6.07, 6.45) is 1.03. The van der Waals surface area contributed by atoms with Crippen molar-refractivity contribution < 1.29 is 4.74 Å². The highest BCUT2D eigenvalue weighted by atomic mass is 16.5. The average molecular weight is 263 g/mol. The Balaban J connectivity index is 2.09. The Morgan fingerprint density at radius 1 is 1.37 bits per heavy atom. The average Bonchev–Trinajstić information content (AvgIpc) is 2.47. The molecule has 106 valence electrons. The number of piperazine rings is 1. The van der Waals surface area contributed by atoms with Crippen LogP contribution >= 0.6 is 0 Å². The monoisotopic (exact) mass is 263 g/mol. The van der Waals surface area contributed by atoms with Crippen LogP contribution in [0.3, 0.4) is 0 Å². The van der Waals surface area contributed by atoms with E-state index in [-0.39, 0.29) is 6.04 Å². The van der Waals surface area contributed by atoms with E-state index in [1.54, 1.807) is 7.11 Å². The SMILES string of the molecule is CCc1ccc(OC)c(C(N)CN2CCNCC2)c1. The lowest BCUT2D eigenvalue weighted by Crippen LogP contribution is -2.46. The second-order valence-corrected chi connectivity index (χ2v) is 5.09. The molecule has 1 unspecified atom stereocenters. The molecule has 19 heavy (non-hydrogen) atoms. The second kappa shape index (κ2) is 6.89. The van der Waals surface area contributed by atoms with Crippen molar-refractivity contribution in [1.29, 1.82) is 0 Å². The third-order valence-corrected chi connectivity index (χ3v) is 3.77. The Morgan fingerprint density at radius 3 is 2.74 bits per heavy atom. The molecule has 0 aromatic heterocycles. The summed E-state index contributed by atoms with van der Waals surface area (Å²) in [5.74, 6) is 0.903. The Hall–Kier alpha value is -1.10. The van der Waals surface area contributed by atoms with Gasteiger partial charge in [-0.15, -0.1) is 0 Å². The zero-order chi connectivity index (χ0) is 13.7. The molecule has 1 aromatic rings. The number of hydrogen-bond acceptors (Lipinski definition) is 4. The van der Waals surface area contributed by atoms with E-state index >= 15 is 0 Å². The molecule has 4 nitrogen and oxygen atoms in total. The number of aryl methyl sites for hydroxylation is 1. The first-order chi connectivity index (χ1) is 9.24. The number of hydrogen-bond donors (Lipinski definition) is 2. The molecular weight excluding hydrogens is 238 g/mol. The molecule has 0 amide bonds. The van der Waals surface area contributed by atoms with Crippen LogP contribution in [-0.4, -0.2) is 44.7 Å². The summed E-state index contributed by atoms with van der Waals surface area (Å²) in [5.41, 5.74) is 8.82. The van der Waals surface area contributed by atoms with Crippen LogP contribution in [0, 0.1) is 0 Å². The number of methoxy groups -OCH3 is 1. The number of nitrogens with one attached hydrogen (secondary N) is 1. The molecule has 1 aliphatic heterocycles. The van der Waals surface area contributed by atoms with Gasteiger partial charge in [0, 0.05) is 44.3 Å². The summed E-state index contributed by atoms with van der Waals surface area (Å²) in [7, 11) is 1.71. The van der Waals surface area contributed by atoms with Gasteiger partial charge >= 0.3 is 0 Å². The molecule has 0 bridgehead atoms. The first-order valence-corrected chi connectivity index (χ1v) is 7.10. The van der Waals surface area contributed by atoms with Gasteiger partial charge in [-0.25, -0.2) is 0 Å². The molecule has 3 N–H and O–H groups in total. The fourth-order valence-electron chi connectivity index (χ4n) is 2.56. The molecule has 0 saturated carbocycles. The topological polar surface area (TPSA) is 50.5 Å². The van der Waals surface area contributed by atoms with Crippen LogP contribution in [0.2, 0.25) is 0 Å². The number of benzene rings is 1. The maximum Gasteiger partial charge on any atom is 0.123 e. The van der Waals surface area contributed by atoms with Crippen LogP contribution in [-0.2, 0) is 6.42 Å². The highest BCUT2D eigenvalue weighted by Crippen LogP contribution is 2.26. The van der Waals surface area contributed by atoms with Gasteiger partial charge in [0.25, 0.3) is 0 Å². The highest BCUT2D eigenvalue weighted by Gasteiger charge is 2.17. The van der Waals surface area contributed by atoms with Gasteiger partial charge in [-0.1, -0.05) is 19.1 Å². The van der Waals surface area contributed by atoms with E-state index in [4.69, 9.17) is 10.5 Å². The molecule has 4 heteroatoms. The van der Waals surface area contributed by atoms with Crippen LogP contribution in [0.4, 0.5) is 0 Å². The first-order valence-electron chi connectivity index (χ1n) is 7.10. The third-order valence-electron chi connectivity index (χ3n) is 3.77. The summed E-state index contributed by atoms with van der Waals surface area (Å²) in [6.45, 7) is 7.31. The summed E-state index contributed by atoms with van der Waals surface area (Å²) < 4.78 is 5.44. The van der Waals surface area contributed by atoms with Gasteiger partial charge in [-0.2, -0.15) is 0 Å². The summed E-state index contributed by atoms with van der Waals surface area (Å²) in [6, 6.07) is 6.34. The molecule has 1 heterocycles. The minimum Gasteiger partial charge on any atom is -0.496 e. The minimum atomic E-state index is 0.0135. The van der Waals surface area contributed by atoms with Gasteiger partial charge in [-0.3, -0.25) is 4.90 Å². The standard InChI is InChI=1S/C15H25N3O/c1-3-12-4-5-15(19-2)13(10-12)14(16)11-18-8-6-17-7-9-18/h4-5,10,14,17H,3,6-9,11,16H2,1-2H3. The molecule has 1 fully saturated rings. The van der Waals surface area contributed by atoms with Gasteiger partial charge in [-0.05, 0) is 18.1 Å². The fraction of sp³-hybridized carbons (Fsp3) is 0.600. The van der Waals surface area contributed by atoms with Crippen LogP contribution in [0.5, 0.6) is 5.75 Å². The smallest absolute Gasteiger partial charge is 0.123 e. The van der Waals surface area contributed by atoms with Crippen LogP contribution < -0.4 is 15.8 Å². The van der Waals surface area contributed by atoms with Crippen molar-refractivity contribution >= 4 is 0 Å². The lowest BCUT2D eigenvalue weighted by Gasteiger charge is -2.30. The van der Waals surface area contributed by atoms with Crippen LogP contribution in [0.25, 0.3) is 0 Å². The fourth-order valence-corrected chi connectivity index (χ4v) is 2.56. The van der Waals surface area contributed by atoms with Crippen LogP contribution in [0.15, 0.2) is 18.2 Å². The van der Waals surface area contributed by atoms with Crippen molar-refractivity contribution in [3.63, 3.8) is 0 Å². The molecule has 0 aliphatic carbocycles. The van der Waals surface area contributed by atoms with Gasteiger partial charge in [0.05, 0.1) is 7.11 Å². The van der Waals surface area contributed by atoms with Gasteiger partial charge in [0.15, 0.2) is 0 Å². The molecule has 2 rings (SSSR count). The van der Waals surface area contributed by atoms with E-state index in [1.165, 1.54) is 5.56 Å². The molecule has 1 aromatic carbocycles. The third kappa shape index (κ3) is 3.69. The van der Waals surface area contributed by atoms with E-state index < -0.39 is 0 Å². The Kier molecular flexibility index (Phi) is 5.19. The number of nitrogens with zero attached hydrogens (tertiary/aromatic N) is 1. The molecular formula is C15H25N3O. The summed E-state index contributed by atoms with van der Waals surface area (Å²) in [4.78, 5) is 2.42. The van der Waals surface area contributed by atoms with Gasteiger partial charge in [0.1, 0.15) is 5.75 Å². The molecule has 1 saturated heterocycles. The van der Waals surface area contributed by atoms with Crippen molar-refractivity contribution in [1.82, 2.24) is 10.2 Å². The van der Waals surface area contributed by atoms with Crippen molar-refractivity contribution in [2.45, 2.75) is 19.4 Å². The number of nitrogens with two attached hydrogens (primary N) is 1. The zero-order valence-electron chi connectivity index (χ0n) is 12.0.